The van der Waals surface area contributed by atoms with E-state index >= 15 is 0 Å². The van der Waals surface area contributed by atoms with E-state index < -0.39 is 5.54 Å². The maximum absolute atomic E-state index is 13.2. The summed E-state index contributed by atoms with van der Waals surface area (Å²) in [6.07, 6.45) is 3.82. The van der Waals surface area contributed by atoms with Crippen LogP contribution in [0.25, 0.3) is 0 Å². The van der Waals surface area contributed by atoms with Gasteiger partial charge in [-0.05, 0) is 67.1 Å². The maximum atomic E-state index is 13.2. The smallest absolute Gasteiger partial charge is 0.258 e. The number of amides is 2. The number of hydrogen-bond donors (Lipinski definition) is 2. The highest BCUT2D eigenvalue weighted by Crippen LogP contribution is 2.41. The fourth-order valence-electron chi connectivity index (χ4n) is 3.69. The van der Waals surface area contributed by atoms with Crippen molar-refractivity contribution in [2.75, 3.05) is 11.9 Å². The fraction of sp³-hybridized carbons (Fsp3) is 0.333. The van der Waals surface area contributed by atoms with E-state index in [0.717, 1.165) is 36.1 Å². The third kappa shape index (κ3) is 3.65. The monoisotopic (exact) mass is 368 g/mol. The van der Waals surface area contributed by atoms with Crippen LogP contribution in [-0.4, -0.2) is 18.4 Å². The van der Waals surface area contributed by atoms with E-state index in [9.17, 15) is 14.0 Å². The van der Waals surface area contributed by atoms with Crippen molar-refractivity contribution in [1.82, 2.24) is 5.32 Å². The molecule has 0 atom stereocenters. The van der Waals surface area contributed by atoms with E-state index in [0.29, 0.717) is 18.6 Å². The average molecular weight is 368 g/mol. The number of hydrogen-bond acceptors (Lipinski definition) is 3. The van der Waals surface area contributed by atoms with Crippen molar-refractivity contribution >= 4 is 17.5 Å². The van der Waals surface area contributed by atoms with Crippen LogP contribution in [-0.2, 0) is 21.5 Å². The SMILES string of the molecule is O=C1CCc2cc(OCC(=O)NC3(c4ccc(F)cc4)CCC3)ccc2N1. The third-order valence-electron chi connectivity index (χ3n) is 5.32. The Bertz CT molecular complexity index is 875. The summed E-state index contributed by atoms with van der Waals surface area (Å²) in [6, 6.07) is 11.7. The molecule has 1 fully saturated rings. The minimum atomic E-state index is -0.422. The van der Waals surface area contributed by atoms with E-state index in [1.807, 2.05) is 6.07 Å². The lowest BCUT2D eigenvalue weighted by atomic mass is 9.72. The lowest BCUT2D eigenvalue weighted by molar-refractivity contribution is -0.126. The minimum Gasteiger partial charge on any atom is -0.484 e. The molecule has 0 unspecified atom stereocenters. The number of ether oxygens (including phenoxy) is 1. The van der Waals surface area contributed by atoms with Crippen LogP contribution in [0, 0.1) is 5.82 Å². The van der Waals surface area contributed by atoms with E-state index in [4.69, 9.17) is 4.74 Å². The Morgan fingerprint density at radius 2 is 1.93 bits per heavy atom. The van der Waals surface area contributed by atoms with Gasteiger partial charge in [-0.1, -0.05) is 12.1 Å². The second kappa shape index (κ2) is 7.02. The van der Waals surface area contributed by atoms with Crippen molar-refractivity contribution in [2.45, 2.75) is 37.6 Å². The first kappa shape index (κ1) is 17.5. The highest BCUT2D eigenvalue weighted by molar-refractivity contribution is 5.94. The summed E-state index contributed by atoms with van der Waals surface area (Å²) in [5, 5.41) is 5.88. The zero-order valence-electron chi connectivity index (χ0n) is 14.9. The number of aryl methyl sites for hydroxylation is 1. The number of anilines is 1. The van der Waals surface area contributed by atoms with Crippen molar-refractivity contribution in [2.24, 2.45) is 0 Å². The molecule has 2 amide bonds. The van der Waals surface area contributed by atoms with Gasteiger partial charge in [0.15, 0.2) is 6.61 Å². The van der Waals surface area contributed by atoms with Crippen LogP contribution in [0.5, 0.6) is 5.75 Å². The predicted octanol–water partition coefficient (Wildman–Crippen LogP) is 3.28. The van der Waals surface area contributed by atoms with Crippen LogP contribution in [0.15, 0.2) is 42.5 Å². The zero-order chi connectivity index (χ0) is 18.9. The van der Waals surface area contributed by atoms with Gasteiger partial charge in [0, 0.05) is 12.1 Å². The molecule has 2 aliphatic rings. The van der Waals surface area contributed by atoms with Gasteiger partial charge in [-0.15, -0.1) is 0 Å². The van der Waals surface area contributed by atoms with Gasteiger partial charge in [0.25, 0.3) is 5.91 Å². The lowest BCUT2D eigenvalue weighted by Gasteiger charge is -2.43. The second-order valence-electron chi connectivity index (χ2n) is 7.15. The van der Waals surface area contributed by atoms with Gasteiger partial charge >= 0.3 is 0 Å². The van der Waals surface area contributed by atoms with Gasteiger partial charge in [-0.25, -0.2) is 4.39 Å². The van der Waals surface area contributed by atoms with Crippen LogP contribution >= 0.6 is 0 Å². The van der Waals surface area contributed by atoms with Crippen molar-refractivity contribution in [1.29, 1.82) is 0 Å². The number of benzene rings is 2. The third-order valence-corrected chi connectivity index (χ3v) is 5.32. The van der Waals surface area contributed by atoms with Gasteiger partial charge in [0.1, 0.15) is 11.6 Å². The molecule has 5 nitrogen and oxygen atoms in total. The highest BCUT2D eigenvalue weighted by Gasteiger charge is 2.40. The molecule has 1 heterocycles. The number of carbonyl (C=O) groups is 2. The second-order valence-corrected chi connectivity index (χ2v) is 7.15. The summed E-state index contributed by atoms with van der Waals surface area (Å²) in [4.78, 5) is 23.8. The standard InChI is InChI=1S/C21H21FN2O3/c22-16-5-3-15(4-6-16)21(10-1-11-21)24-20(26)13-27-17-7-8-18-14(12-17)2-9-19(25)23-18/h3-8,12H,1-2,9-11,13H2,(H,23,25)(H,24,26). The summed E-state index contributed by atoms with van der Waals surface area (Å²) in [6.45, 7) is -0.0892. The van der Waals surface area contributed by atoms with Crippen LogP contribution in [0.2, 0.25) is 0 Å². The molecule has 1 saturated carbocycles. The number of carbonyl (C=O) groups excluding carboxylic acids is 2. The minimum absolute atomic E-state index is 0.0159. The van der Waals surface area contributed by atoms with E-state index in [-0.39, 0.29) is 24.2 Å². The lowest BCUT2D eigenvalue weighted by Crippen LogP contribution is -2.52. The highest BCUT2D eigenvalue weighted by atomic mass is 19.1. The first-order valence-electron chi connectivity index (χ1n) is 9.17. The Morgan fingerprint density at radius 1 is 1.15 bits per heavy atom. The molecule has 2 aromatic carbocycles. The Kier molecular flexibility index (Phi) is 4.56. The van der Waals surface area contributed by atoms with Crippen molar-refractivity contribution in [3.8, 4) is 5.75 Å². The molecule has 0 saturated heterocycles. The first-order valence-corrected chi connectivity index (χ1v) is 9.17. The topological polar surface area (TPSA) is 67.4 Å². The molecule has 2 N–H and O–H groups in total. The molecular formula is C21H21FN2O3. The summed E-state index contributed by atoms with van der Waals surface area (Å²) < 4.78 is 18.8. The molecule has 4 rings (SSSR count). The Labute approximate surface area is 156 Å². The zero-order valence-corrected chi connectivity index (χ0v) is 14.9. The molecule has 0 radical (unpaired) electrons. The largest absolute Gasteiger partial charge is 0.484 e. The normalized spacial score (nSPS) is 17.3. The molecule has 2 aromatic rings. The number of rotatable bonds is 5. The first-order chi connectivity index (χ1) is 13.0. The quantitative estimate of drug-likeness (QED) is 0.851. The fourth-order valence-corrected chi connectivity index (χ4v) is 3.69. The maximum Gasteiger partial charge on any atom is 0.258 e. The van der Waals surface area contributed by atoms with Gasteiger partial charge in [0.2, 0.25) is 5.91 Å². The van der Waals surface area contributed by atoms with Crippen LogP contribution in [0.1, 0.15) is 36.8 Å². The van der Waals surface area contributed by atoms with Crippen molar-refractivity contribution in [3.63, 3.8) is 0 Å². The molecular weight excluding hydrogens is 347 g/mol. The molecule has 1 aliphatic carbocycles. The molecule has 1 aliphatic heterocycles. The molecule has 6 heteroatoms. The Morgan fingerprint density at radius 3 is 2.63 bits per heavy atom. The summed E-state index contributed by atoms with van der Waals surface area (Å²) in [5.74, 6) is 0.128. The summed E-state index contributed by atoms with van der Waals surface area (Å²) in [7, 11) is 0. The summed E-state index contributed by atoms with van der Waals surface area (Å²) in [5.41, 5.74) is 2.31. The summed E-state index contributed by atoms with van der Waals surface area (Å²) >= 11 is 0. The number of halogens is 1. The van der Waals surface area contributed by atoms with E-state index in [1.54, 1.807) is 24.3 Å². The Balaban J connectivity index is 1.38. The molecule has 140 valence electrons. The molecule has 0 bridgehead atoms. The van der Waals surface area contributed by atoms with Crippen molar-refractivity contribution < 1.29 is 18.7 Å². The van der Waals surface area contributed by atoms with Gasteiger partial charge in [-0.3, -0.25) is 9.59 Å². The van der Waals surface area contributed by atoms with Crippen LogP contribution in [0.3, 0.4) is 0 Å². The van der Waals surface area contributed by atoms with Crippen molar-refractivity contribution in [3.05, 3.63) is 59.4 Å². The molecule has 27 heavy (non-hydrogen) atoms. The average Bonchev–Trinajstić information content (AvgIpc) is 2.64. The predicted molar refractivity (Wildman–Crippen MR) is 99.0 cm³/mol. The Hall–Kier alpha value is -2.89. The van der Waals surface area contributed by atoms with E-state index in [1.165, 1.54) is 12.1 Å². The van der Waals surface area contributed by atoms with Crippen LogP contribution in [0.4, 0.5) is 10.1 Å². The van der Waals surface area contributed by atoms with Gasteiger partial charge in [-0.2, -0.15) is 0 Å². The number of fused-ring (bicyclic) bond motifs is 1. The number of nitrogens with one attached hydrogen (secondary N) is 2. The molecule has 0 aromatic heterocycles. The van der Waals surface area contributed by atoms with E-state index in [2.05, 4.69) is 10.6 Å². The molecule has 0 spiro atoms. The van der Waals surface area contributed by atoms with Crippen LogP contribution < -0.4 is 15.4 Å². The van der Waals surface area contributed by atoms with Gasteiger partial charge < -0.3 is 15.4 Å². The van der Waals surface area contributed by atoms with Gasteiger partial charge in [0.05, 0.1) is 5.54 Å².